The monoisotopic (exact) mass is 230 g/mol. The van der Waals surface area contributed by atoms with Crippen LogP contribution in [0.3, 0.4) is 0 Å². The lowest BCUT2D eigenvalue weighted by Crippen LogP contribution is -2.42. The van der Waals surface area contributed by atoms with Crippen molar-refractivity contribution in [1.29, 1.82) is 0 Å². The van der Waals surface area contributed by atoms with Gasteiger partial charge in [-0.15, -0.1) is 0 Å². The van der Waals surface area contributed by atoms with Crippen molar-refractivity contribution in [1.82, 2.24) is 4.90 Å². The average Bonchev–Trinajstić information content (AvgIpc) is 2.56. The van der Waals surface area contributed by atoms with Crippen LogP contribution < -0.4 is 5.73 Å². The summed E-state index contributed by atoms with van der Waals surface area (Å²) in [4.78, 5) is 33.8. The van der Waals surface area contributed by atoms with Crippen LogP contribution in [0, 0.1) is 0 Å². The van der Waals surface area contributed by atoms with Gasteiger partial charge in [-0.3, -0.25) is 9.59 Å². The number of carboxylic acid groups (broad SMARTS) is 2. The van der Waals surface area contributed by atoms with Crippen LogP contribution in [0.15, 0.2) is 0 Å². The molecule has 1 heterocycles. The van der Waals surface area contributed by atoms with Gasteiger partial charge >= 0.3 is 11.9 Å². The number of rotatable bonds is 5. The standard InChI is InChI=1S/C9H14N2O5/c10-5(8(13)14)3-4-11-6(9(15)16)1-2-7(11)12/h5-6H,1-4,10H2,(H,13,14)(H,15,16)/t5-,6-/m0/s1. The van der Waals surface area contributed by atoms with Crippen LogP contribution in [0.1, 0.15) is 19.3 Å². The first kappa shape index (κ1) is 12.4. The average molecular weight is 230 g/mol. The van der Waals surface area contributed by atoms with Crippen LogP contribution >= 0.6 is 0 Å². The fraction of sp³-hybridized carbons (Fsp3) is 0.667. The van der Waals surface area contributed by atoms with Gasteiger partial charge in [0, 0.05) is 13.0 Å². The van der Waals surface area contributed by atoms with Crippen LogP contribution in [0.2, 0.25) is 0 Å². The van der Waals surface area contributed by atoms with Crippen molar-refractivity contribution in [3.63, 3.8) is 0 Å². The highest BCUT2D eigenvalue weighted by Gasteiger charge is 2.35. The molecule has 0 radical (unpaired) electrons. The molecule has 1 fully saturated rings. The Bertz CT molecular complexity index is 317. The molecule has 7 nitrogen and oxygen atoms in total. The Morgan fingerprint density at radius 1 is 1.50 bits per heavy atom. The number of carbonyl (C=O) groups excluding carboxylic acids is 1. The van der Waals surface area contributed by atoms with Crippen LogP contribution in [-0.2, 0) is 14.4 Å². The number of nitrogens with zero attached hydrogens (tertiary/aromatic N) is 1. The molecule has 16 heavy (non-hydrogen) atoms. The van der Waals surface area contributed by atoms with Crippen LogP contribution in [0.5, 0.6) is 0 Å². The minimum Gasteiger partial charge on any atom is -0.480 e. The highest BCUT2D eigenvalue weighted by atomic mass is 16.4. The Morgan fingerprint density at radius 3 is 2.62 bits per heavy atom. The number of amides is 1. The number of carbonyl (C=O) groups is 3. The first-order chi connectivity index (χ1) is 7.43. The molecule has 0 aromatic heterocycles. The molecule has 7 heteroatoms. The van der Waals surface area contributed by atoms with E-state index in [1.165, 1.54) is 4.90 Å². The second-order valence-corrected chi connectivity index (χ2v) is 3.71. The highest BCUT2D eigenvalue weighted by Crippen LogP contribution is 2.19. The third-order valence-electron chi connectivity index (χ3n) is 2.61. The van der Waals surface area contributed by atoms with E-state index in [1.807, 2.05) is 0 Å². The largest absolute Gasteiger partial charge is 0.480 e. The topological polar surface area (TPSA) is 121 Å². The quantitative estimate of drug-likeness (QED) is 0.549. The van der Waals surface area contributed by atoms with Crippen LogP contribution in [0.4, 0.5) is 0 Å². The first-order valence-corrected chi connectivity index (χ1v) is 4.94. The molecule has 1 rings (SSSR count). The molecular formula is C9H14N2O5. The third kappa shape index (κ3) is 2.69. The second-order valence-electron chi connectivity index (χ2n) is 3.71. The minimum absolute atomic E-state index is 0.0604. The van der Waals surface area contributed by atoms with E-state index in [-0.39, 0.29) is 31.7 Å². The fourth-order valence-electron chi connectivity index (χ4n) is 1.67. The first-order valence-electron chi connectivity index (χ1n) is 4.94. The second kappa shape index (κ2) is 4.93. The summed E-state index contributed by atoms with van der Waals surface area (Å²) in [5, 5.41) is 17.4. The minimum atomic E-state index is -1.15. The van der Waals surface area contributed by atoms with Crippen molar-refractivity contribution in [2.24, 2.45) is 5.73 Å². The van der Waals surface area contributed by atoms with E-state index in [4.69, 9.17) is 15.9 Å². The lowest BCUT2D eigenvalue weighted by molar-refractivity contribution is -0.146. The maximum absolute atomic E-state index is 11.3. The van der Waals surface area contributed by atoms with Gasteiger partial charge in [-0.2, -0.15) is 0 Å². The van der Waals surface area contributed by atoms with E-state index in [0.717, 1.165) is 0 Å². The van der Waals surface area contributed by atoms with Crippen molar-refractivity contribution in [2.75, 3.05) is 6.54 Å². The molecule has 0 spiro atoms. The number of carboxylic acids is 2. The third-order valence-corrected chi connectivity index (χ3v) is 2.61. The van der Waals surface area contributed by atoms with E-state index in [2.05, 4.69) is 0 Å². The molecular weight excluding hydrogens is 216 g/mol. The van der Waals surface area contributed by atoms with E-state index < -0.39 is 24.0 Å². The van der Waals surface area contributed by atoms with Crippen molar-refractivity contribution < 1.29 is 24.6 Å². The summed E-state index contributed by atoms with van der Waals surface area (Å²) in [6.07, 6.45) is 0.528. The van der Waals surface area contributed by atoms with Gasteiger partial charge in [-0.05, 0) is 12.8 Å². The number of hydrogen-bond acceptors (Lipinski definition) is 4. The Kier molecular flexibility index (Phi) is 3.83. The van der Waals surface area contributed by atoms with Gasteiger partial charge in [0.1, 0.15) is 12.1 Å². The summed E-state index contributed by atoms with van der Waals surface area (Å²) in [5.41, 5.74) is 5.28. The lowest BCUT2D eigenvalue weighted by atomic mass is 10.2. The Hall–Kier alpha value is -1.63. The zero-order valence-corrected chi connectivity index (χ0v) is 8.63. The summed E-state index contributed by atoms with van der Waals surface area (Å²) < 4.78 is 0. The smallest absolute Gasteiger partial charge is 0.326 e. The molecule has 0 aliphatic carbocycles. The van der Waals surface area contributed by atoms with Gasteiger partial charge in [0.15, 0.2) is 0 Å². The molecule has 0 saturated carbocycles. The van der Waals surface area contributed by atoms with Crippen molar-refractivity contribution in [2.45, 2.75) is 31.3 Å². The van der Waals surface area contributed by atoms with Gasteiger partial charge in [0.05, 0.1) is 0 Å². The molecule has 1 amide bonds. The van der Waals surface area contributed by atoms with Crippen molar-refractivity contribution >= 4 is 17.8 Å². The zero-order valence-electron chi connectivity index (χ0n) is 8.63. The summed E-state index contributed by atoms with van der Waals surface area (Å²) in [5.74, 6) is -2.47. The molecule has 1 saturated heterocycles. The molecule has 1 aliphatic heterocycles. The lowest BCUT2D eigenvalue weighted by Gasteiger charge is -2.22. The molecule has 2 atom stereocenters. The van der Waals surface area contributed by atoms with Gasteiger partial charge in [0.2, 0.25) is 5.91 Å². The predicted molar refractivity (Wildman–Crippen MR) is 52.6 cm³/mol. The molecule has 0 aromatic carbocycles. The Balaban J connectivity index is 2.54. The molecule has 1 aliphatic rings. The normalized spacial score (nSPS) is 22.2. The van der Waals surface area contributed by atoms with Crippen LogP contribution in [-0.4, -0.2) is 51.6 Å². The maximum atomic E-state index is 11.3. The number of hydrogen-bond donors (Lipinski definition) is 3. The molecule has 0 bridgehead atoms. The van der Waals surface area contributed by atoms with E-state index in [9.17, 15) is 14.4 Å². The van der Waals surface area contributed by atoms with Gasteiger partial charge in [0.25, 0.3) is 0 Å². The number of likely N-dealkylation sites (tertiary alicyclic amines) is 1. The van der Waals surface area contributed by atoms with Gasteiger partial charge in [-0.1, -0.05) is 0 Å². The van der Waals surface area contributed by atoms with Crippen molar-refractivity contribution in [3.8, 4) is 0 Å². The van der Waals surface area contributed by atoms with E-state index in [1.54, 1.807) is 0 Å². The maximum Gasteiger partial charge on any atom is 0.326 e. The number of aliphatic carboxylic acids is 2. The molecule has 4 N–H and O–H groups in total. The fourth-order valence-corrected chi connectivity index (χ4v) is 1.67. The summed E-state index contributed by atoms with van der Waals surface area (Å²) >= 11 is 0. The molecule has 90 valence electrons. The number of nitrogens with two attached hydrogens (primary N) is 1. The zero-order chi connectivity index (χ0) is 12.3. The van der Waals surface area contributed by atoms with Gasteiger partial charge < -0.3 is 20.8 Å². The molecule has 0 unspecified atom stereocenters. The predicted octanol–water partition coefficient (Wildman–Crippen LogP) is -1.14. The summed E-state index contributed by atoms with van der Waals surface area (Å²) in [6, 6.07) is -1.91. The Labute approximate surface area is 91.8 Å². The SMILES string of the molecule is N[C@@H](CCN1C(=O)CC[C@H]1C(=O)O)C(=O)O. The van der Waals surface area contributed by atoms with Gasteiger partial charge in [-0.25, -0.2) is 4.79 Å². The summed E-state index contributed by atoms with van der Waals surface area (Å²) in [7, 11) is 0. The van der Waals surface area contributed by atoms with E-state index >= 15 is 0 Å². The highest BCUT2D eigenvalue weighted by molar-refractivity contribution is 5.87. The van der Waals surface area contributed by atoms with Crippen molar-refractivity contribution in [3.05, 3.63) is 0 Å². The summed E-state index contributed by atoms with van der Waals surface area (Å²) in [6.45, 7) is 0.0727. The Morgan fingerprint density at radius 2 is 2.12 bits per heavy atom. The molecule has 0 aromatic rings. The van der Waals surface area contributed by atoms with E-state index in [0.29, 0.717) is 0 Å². The van der Waals surface area contributed by atoms with Crippen LogP contribution in [0.25, 0.3) is 0 Å².